The highest BCUT2D eigenvalue weighted by atomic mass is 32.1. The first-order valence-corrected chi connectivity index (χ1v) is 12.4. The van der Waals surface area contributed by atoms with Gasteiger partial charge in [0.25, 0.3) is 0 Å². The van der Waals surface area contributed by atoms with Crippen molar-refractivity contribution in [2.45, 2.75) is 51.4 Å². The van der Waals surface area contributed by atoms with Gasteiger partial charge in [0, 0.05) is 17.5 Å². The number of benzene rings is 1. The smallest absolute Gasteiger partial charge is 0.226 e. The molecule has 4 fully saturated rings. The number of aromatic nitrogens is 1. The minimum absolute atomic E-state index is 0.0777. The van der Waals surface area contributed by atoms with Gasteiger partial charge in [-0.2, -0.15) is 0 Å². The third-order valence-electron chi connectivity index (χ3n) is 7.67. The van der Waals surface area contributed by atoms with Crippen molar-refractivity contribution in [3.63, 3.8) is 0 Å². The molecule has 1 aromatic carbocycles. The number of carbonyl (C=O) groups is 1. The molecule has 4 bridgehead atoms. The van der Waals surface area contributed by atoms with Crippen molar-refractivity contribution in [1.82, 2.24) is 10.3 Å². The predicted octanol–water partition coefficient (Wildman–Crippen LogP) is 5.09. The van der Waals surface area contributed by atoms with Crippen LogP contribution in [-0.4, -0.2) is 31.7 Å². The van der Waals surface area contributed by atoms with Gasteiger partial charge in [0.1, 0.15) is 5.01 Å². The molecule has 0 atom stereocenters. The van der Waals surface area contributed by atoms with E-state index in [9.17, 15) is 4.79 Å². The number of hydrogen-bond donors (Lipinski definition) is 1. The molecule has 0 unspecified atom stereocenters. The van der Waals surface area contributed by atoms with Gasteiger partial charge in [-0.05, 0) is 86.3 Å². The summed E-state index contributed by atoms with van der Waals surface area (Å²) in [6, 6.07) is 5.77. The summed E-state index contributed by atoms with van der Waals surface area (Å²) in [5.74, 6) is 4.35. The highest BCUT2D eigenvalue weighted by Crippen LogP contribution is 2.61. The van der Waals surface area contributed by atoms with Crippen LogP contribution in [-0.2, 0) is 11.2 Å². The van der Waals surface area contributed by atoms with Crippen molar-refractivity contribution >= 4 is 17.2 Å². The molecule has 2 aromatic rings. The minimum Gasteiger partial charge on any atom is -0.493 e. The van der Waals surface area contributed by atoms with Gasteiger partial charge >= 0.3 is 0 Å². The topological polar surface area (TPSA) is 60.5 Å². The summed E-state index contributed by atoms with van der Waals surface area (Å²) in [6.45, 7) is 0.803. The van der Waals surface area contributed by atoms with Crippen molar-refractivity contribution in [3.05, 3.63) is 29.3 Å². The Morgan fingerprint density at radius 1 is 1.10 bits per heavy atom. The molecule has 31 heavy (non-hydrogen) atoms. The number of nitrogens with one attached hydrogen (secondary N) is 1. The number of methoxy groups -OCH3 is 2. The van der Waals surface area contributed by atoms with Crippen LogP contribution in [0.1, 0.15) is 50.6 Å². The molecule has 0 aliphatic heterocycles. The van der Waals surface area contributed by atoms with Crippen LogP contribution < -0.4 is 14.8 Å². The molecule has 4 aliphatic rings. The fourth-order valence-corrected chi connectivity index (χ4v) is 7.60. The van der Waals surface area contributed by atoms with Crippen LogP contribution in [0, 0.1) is 23.2 Å². The van der Waals surface area contributed by atoms with Crippen molar-refractivity contribution in [3.8, 4) is 22.1 Å². The van der Waals surface area contributed by atoms with Crippen LogP contribution in [0.4, 0.5) is 0 Å². The van der Waals surface area contributed by atoms with Gasteiger partial charge in [-0.1, -0.05) is 0 Å². The lowest BCUT2D eigenvalue weighted by Crippen LogP contribution is -2.47. The van der Waals surface area contributed by atoms with Crippen molar-refractivity contribution in [2.24, 2.45) is 23.2 Å². The maximum atomic E-state index is 12.5. The van der Waals surface area contributed by atoms with Crippen LogP contribution >= 0.6 is 11.3 Å². The average molecular weight is 441 g/mol. The van der Waals surface area contributed by atoms with E-state index < -0.39 is 0 Å². The maximum absolute atomic E-state index is 12.5. The van der Waals surface area contributed by atoms with E-state index in [-0.39, 0.29) is 5.91 Å². The SMILES string of the molecule is COc1ccc(-c2nc(CC(=O)NCCC34CC5CC(CC(C5)C3)C4)cs2)cc1OC. The van der Waals surface area contributed by atoms with Crippen LogP contribution in [0.2, 0.25) is 0 Å². The third kappa shape index (κ3) is 4.32. The molecule has 1 heterocycles. The lowest BCUT2D eigenvalue weighted by Gasteiger charge is -2.57. The standard InChI is InChI=1S/C25H32N2O3S/c1-29-21-4-3-19(10-22(21)30-2)24-27-20(15-31-24)11-23(28)26-6-5-25-12-16-7-17(13-25)9-18(8-16)14-25/h3-4,10,15-18H,5-9,11-14H2,1-2H3,(H,26,28). The first kappa shape index (κ1) is 20.8. The molecule has 4 aliphatic carbocycles. The number of amides is 1. The Balaban J connectivity index is 1.15. The summed E-state index contributed by atoms with van der Waals surface area (Å²) >= 11 is 1.55. The van der Waals surface area contributed by atoms with Gasteiger partial charge in [-0.25, -0.2) is 4.98 Å². The van der Waals surface area contributed by atoms with Crippen molar-refractivity contribution in [2.75, 3.05) is 20.8 Å². The van der Waals surface area contributed by atoms with E-state index in [1.165, 1.54) is 38.5 Å². The second-order valence-electron chi connectivity index (χ2n) is 9.91. The van der Waals surface area contributed by atoms with Gasteiger partial charge in [0.15, 0.2) is 11.5 Å². The second-order valence-corrected chi connectivity index (χ2v) is 10.8. The Bertz CT molecular complexity index is 919. The fraction of sp³-hybridized carbons (Fsp3) is 0.600. The Morgan fingerprint density at radius 2 is 1.77 bits per heavy atom. The van der Waals surface area contributed by atoms with Crippen LogP contribution in [0.5, 0.6) is 11.5 Å². The van der Waals surface area contributed by atoms with Gasteiger partial charge in [-0.15, -0.1) is 11.3 Å². The fourth-order valence-electron chi connectivity index (χ4n) is 6.78. The van der Waals surface area contributed by atoms with E-state index in [4.69, 9.17) is 9.47 Å². The summed E-state index contributed by atoms with van der Waals surface area (Å²) in [4.78, 5) is 17.2. The quantitative estimate of drug-likeness (QED) is 0.621. The van der Waals surface area contributed by atoms with E-state index in [0.29, 0.717) is 23.3 Å². The Kier molecular flexibility index (Phi) is 5.67. The van der Waals surface area contributed by atoms with E-state index in [0.717, 1.165) is 47.0 Å². The Morgan fingerprint density at radius 3 is 2.42 bits per heavy atom. The lowest BCUT2D eigenvalue weighted by atomic mass is 9.49. The molecule has 0 radical (unpaired) electrons. The highest BCUT2D eigenvalue weighted by molar-refractivity contribution is 7.13. The number of ether oxygens (including phenoxy) is 2. The number of carbonyl (C=O) groups excluding carboxylic acids is 1. The monoisotopic (exact) mass is 440 g/mol. The summed E-state index contributed by atoms with van der Waals surface area (Å²) in [5, 5.41) is 6.04. The highest BCUT2D eigenvalue weighted by Gasteiger charge is 2.50. The normalized spacial score (nSPS) is 28.5. The third-order valence-corrected chi connectivity index (χ3v) is 8.61. The second kappa shape index (κ2) is 8.45. The molecule has 0 saturated heterocycles. The first-order valence-electron chi connectivity index (χ1n) is 11.5. The molecule has 4 saturated carbocycles. The molecule has 1 aromatic heterocycles. The zero-order chi connectivity index (χ0) is 21.4. The molecular weight excluding hydrogens is 408 g/mol. The van der Waals surface area contributed by atoms with Gasteiger partial charge in [-0.3, -0.25) is 4.79 Å². The molecule has 5 nitrogen and oxygen atoms in total. The molecule has 6 heteroatoms. The van der Waals surface area contributed by atoms with Crippen LogP contribution in [0.25, 0.3) is 10.6 Å². The van der Waals surface area contributed by atoms with E-state index in [1.54, 1.807) is 25.6 Å². The van der Waals surface area contributed by atoms with Gasteiger partial charge < -0.3 is 14.8 Å². The first-order chi connectivity index (χ1) is 15.1. The van der Waals surface area contributed by atoms with Crippen LogP contribution in [0.3, 0.4) is 0 Å². The Labute approximate surface area is 188 Å². The van der Waals surface area contributed by atoms with E-state index in [2.05, 4.69) is 10.3 Å². The molecule has 1 amide bonds. The Hall–Kier alpha value is -2.08. The van der Waals surface area contributed by atoms with Gasteiger partial charge in [0.05, 0.1) is 26.3 Å². The summed E-state index contributed by atoms with van der Waals surface area (Å²) < 4.78 is 10.7. The van der Waals surface area contributed by atoms with Crippen LogP contribution in [0.15, 0.2) is 23.6 Å². The molecule has 166 valence electrons. The molecule has 0 spiro atoms. The van der Waals surface area contributed by atoms with Gasteiger partial charge in [0.2, 0.25) is 5.91 Å². The number of thiazole rings is 1. The van der Waals surface area contributed by atoms with Crippen molar-refractivity contribution in [1.29, 1.82) is 0 Å². The number of nitrogens with zero attached hydrogens (tertiary/aromatic N) is 1. The summed E-state index contributed by atoms with van der Waals surface area (Å²) in [6.07, 6.45) is 10.1. The minimum atomic E-state index is 0.0777. The zero-order valence-corrected chi connectivity index (χ0v) is 19.3. The van der Waals surface area contributed by atoms with E-state index >= 15 is 0 Å². The number of hydrogen-bond acceptors (Lipinski definition) is 5. The van der Waals surface area contributed by atoms with Crippen molar-refractivity contribution < 1.29 is 14.3 Å². The number of rotatable bonds is 8. The molecule has 1 N–H and O–H groups in total. The summed E-state index contributed by atoms with van der Waals surface area (Å²) in [7, 11) is 3.25. The molecule has 6 rings (SSSR count). The molecular formula is C25H32N2O3S. The zero-order valence-electron chi connectivity index (χ0n) is 18.5. The predicted molar refractivity (Wildman–Crippen MR) is 123 cm³/mol. The average Bonchev–Trinajstić information content (AvgIpc) is 3.20. The van der Waals surface area contributed by atoms with E-state index in [1.807, 2.05) is 23.6 Å². The summed E-state index contributed by atoms with van der Waals surface area (Å²) in [5.41, 5.74) is 2.31. The lowest BCUT2D eigenvalue weighted by molar-refractivity contribution is -0.120. The largest absolute Gasteiger partial charge is 0.493 e. The maximum Gasteiger partial charge on any atom is 0.226 e.